The average Bonchev–Trinajstić information content (AvgIpc) is 2.16. The second-order valence-electron chi connectivity index (χ2n) is 3.24. The van der Waals surface area contributed by atoms with Crippen LogP contribution in [0.1, 0.15) is 25.3 Å². The molecule has 0 aliphatic rings. The van der Waals surface area contributed by atoms with E-state index >= 15 is 0 Å². The van der Waals surface area contributed by atoms with Gasteiger partial charge in [0.1, 0.15) is 0 Å². The summed E-state index contributed by atoms with van der Waals surface area (Å²) in [4.78, 5) is 0. The number of hydrogen-bond acceptors (Lipinski definition) is 0. The van der Waals surface area contributed by atoms with Gasteiger partial charge in [-0.3, -0.25) is 0 Å². The third-order valence-corrected chi connectivity index (χ3v) is 2.05. The van der Waals surface area contributed by atoms with Crippen LogP contribution in [0.15, 0.2) is 30.3 Å². The van der Waals surface area contributed by atoms with Gasteiger partial charge < -0.3 is 6.92 Å². The summed E-state index contributed by atoms with van der Waals surface area (Å²) < 4.78 is 0. The van der Waals surface area contributed by atoms with Crippen LogP contribution in [0.5, 0.6) is 0 Å². The van der Waals surface area contributed by atoms with Crippen LogP contribution in [-0.2, 0) is 0 Å². The third kappa shape index (κ3) is 6.70. The zero-order chi connectivity index (χ0) is 8.81. The summed E-state index contributed by atoms with van der Waals surface area (Å²) in [5, 5.41) is 0. The van der Waals surface area contributed by atoms with Crippen molar-refractivity contribution in [1.29, 1.82) is 0 Å². The van der Waals surface area contributed by atoms with Gasteiger partial charge in [0.05, 0.1) is 0 Å². The smallest absolute Gasteiger partial charge is 0.343 e. The minimum atomic E-state index is 0. The van der Waals surface area contributed by atoms with E-state index in [4.69, 9.17) is 0 Å². The maximum absolute atomic E-state index is 3.88. The van der Waals surface area contributed by atoms with Crippen molar-refractivity contribution < 1.29 is 37.7 Å². The van der Waals surface area contributed by atoms with E-state index in [1.807, 2.05) is 6.07 Å². The third-order valence-electron chi connectivity index (χ3n) is 2.05. The van der Waals surface area contributed by atoms with E-state index < -0.39 is 0 Å². The molecule has 0 saturated carbocycles. The molecule has 0 radical (unpaired) electrons. The summed E-state index contributed by atoms with van der Waals surface area (Å²) in [6, 6.07) is 10.5. The molecular weight excluding hydrogens is 158 g/mol. The molecule has 0 nitrogen and oxygen atoms in total. The Bertz CT molecular complexity index is 209. The topological polar surface area (TPSA) is 0 Å². The monoisotopic (exact) mass is 174 g/mol. The van der Waals surface area contributed by atoms with Crippen LogP contribution >= 0.6 is 0 Å². The molecule has 0 fully saturated rings. The van der Waals surface area contributed by atoms with Crippen molar-refractivity contribution >= 4 is 0 Å². The molecule has 0 spiro atoms. The zero-order valence-corrected chi connectivity index (χ0v) is 9.66. The summed E-state index contributed by atoms with van der Waals surface area (Å²) in [7, 11) is 0. The second-order valence-corrected chi connectivity index (χ2v) is 3.24. The van der Waals surface area contributed by atoms with E-state index in [9.17, 15) is 0 Å². The van der Waals surface area contributed by atoms with Crippen molar-refractivity contribution in [1.82, 2.24) is 0 Å². The molecule has 0 N–H and O–H groups in total. The quantitative estimate of drug-likeness (QED) is 0.349. The van der Waals surface area contributed by atoms with Gasteiger partial charge in [0.15, 0.2) is 0 Å². The maximum atomic E-state index is 3.88. The molecule has 14 heavy (non-hydrogen) atoms. The molecule has 0 heterocycles. The van der Waals surface area contributed by atoms with E-state index in [2.05, 4.69) is 44.5 Å². The molecule has 0 amide bonds. The first kappa shape index (κ1) is 16.7. The number of hydrogen-bond donors (Lipinski definition) is 0. The van der Waals surface area contributed by atoms with Crippen LogP contribution in [0.4, 0.5) is 0 Å². The molecule has 0 aliphatic heterocycles. The van der Waals surface area contributed by atoms with E-state index in [-0.39, 0.29) is 37.7 Å². The normalized spacial score (nSPS) is 10.7. The molecule has 0 aliphatic carbocycles. The van der Waals surface area contributed by atoms with Crippen LogP contribution in [0.25, 0.3) is 0 Å². The Kier molecular flexibility index (Phi) is 11.7. The van der Waals surface area contributed by atoms with Crippen molar-refractivity contribution in [3.05, 3.63) is 49.2 Å². The van der Waals surface area contributed by atoms with E-state index in [0.29, 0.717) is 5.92 Å². The summed E-state index contributed by atoms with van der Waals surface area (Å²) >= 11 is 0. The predicted octanol–water partition coefficient (Wildman–Crippen LogP) is -2.50. The standard InChI is InChI=1S/C12H16.2Li/c1-3-11(2)9-10-12-7-5-4-6-8-12;;/h4-8,10-11H,1,3,9H2,2H3;;/q-2;2*+1. The Labute approximate surface area is 112 Å². The summed E-state index contributed by atoms with van der Waals surface area (Å²) in [6.45, 7) is 6.11. The molecule has 0 bridgehead atoms. The van der Waals surface area contributed by atoms with Gasteiger partial charge in [0.25, 0.3) is 0 Å². The van der Waals surface area contributed by atoms with Crippen molar-refractivity contribution in [2.24, 2.45) is 5.92 Å². The molecular formula is C12H16Li2. The summed E-state index contributed by atoms with van der Waals surface area (Å²) in [5.74, 6) is 0.699. The Morgan fingerprint density at radius 1 is 1.21 bits per heavy atom. The van der Waals surface area contributed by atoms with Gasteiger partial charge in [-0.2, -0.15) is 30.5 Å². The first-order valence-electron chi connectivity index (χ1n) is 4.50. The zero-order valence-electron chi connectivity index (χ0n) is 9.66. The van der Waals surface area contributed by atoms with E-state index in [1.54, 1.807) is 0 Å². The molecule has 1 aromatic rings. The first-order valence-corrected chi connectivity index (χ1v) is 4.50. The Morgan fingerprint density at radius 2 is 1.79 bits per heavy atom. The largest absolute Gasteiger partial charge is 1.00 e. The molecule has 1 aromatic carbocycles. The van der Waals surface area contributed by atoms with Gasteiger partial charge >= 0.3 is 37.7 Å². The van der Waals surface area contributed by atoms with E-state index in [0.717, 1.165) is 12.8 Å². The average molecular weight is 174 g/mol. The maximum Gasteiger partial charge on any atom is 1.00 e. The van der Waals surface area contributed by atoms with Gasteiger partial charge in [0, 0.05) is 0 Å². The van der Waals surface area contributed by atoms with Crippen molar-refractivity contribution in [2.45, 2.75) is 19.8 Å². The SMILES string of the molecule is [CH2-]CC(C)C[CH-]c1ccccc1.[Li+].[Li+]. The number of rotatable bonds is 4. The Balaban J connectivity index is 0. The fourth-order valence-corrected chi connectivity index (χ4v) is 1.04. The molecule has 1 unspecified atom stereocenters. The first-order chi connectivity index (χ1) is 5.83. The van der Waals surface area contributed by atoms with Gasteiger partial charge in [0.2, 0.25) is 0 Å². The van der Waals surface area contributed by atoms with Gasteiger partial charge in [-0.25, -0.2) is 0 Å². The van der Waals surface area contributed by atoms with Crippen LogP contribution < -0.4 is 37.7 Å². The van der Waals surface area contributed by atoms with Crippen LogP contribution in [-0.4, -0.2) is 0 Å². The fraction of sp³-hybridized carbons (Fsp3) is 0.333. The van der Waals surface area contributed by atoms with Gasteiger partial charge in [-0.05, 0) is 0 Å². The van der Waals surface area contributed by atoms with Crippen LogP contribution in [0, 0.1) is 19.3 Å². The van der Waals surface area contributed by atoms with Crippen molar-refractivity contribution in [3.8, 4) is 0 Å². The van der Waals surface area contributed by atoms with Crippen LogP contribution in [0.3, 0.4) is 0 Å². The van der Waals surface area contributed by atoms with Crippen molar-refractivity contribution in [2.75, 3.05) is 0 Å². The summed E-state index contributed by atoms with van der Waals surface area (Å²) in [5.41, 5.74) is 1.32. The molecule has 66 valence electrons. The van der Waals surface area contributed by atoms with Crippen LogP contribution in [0.2, 0.25) is 0 Å². The minimum absolute atomic E-state index is 0. The Morgan fingerprint density at radius 3 is 2.29 bits per heavy atom. The molecule has 2 heteroatoms. The molecule has 0 aromatic heterocycles. The Hall–Kier alpha value is 0.285. The second kappa shape index (κ2) is 9.83. The fourth-order valence-electron chi connectivity index (χ4n) is 1.04. The summed E-state index contributed by atoms with van der Waals surface area (Å²) in [6.07, 6.45) is 4.42. The van der Waals surface area contributed by atoms with Crippen molar-refractivity contribution in [3.63, 3.8) is 0 Å². The molecule has 1 rings (SSSR count). The van der Waals surface area contributed by atoms with E-state index in [1.165, 1.54) is 5.56 Å². The number of benzene rings is 1. The molecule has 0 saturated heterocycles. The predicted molar refractivity (Wildman–Crippen MR) is 53.6 cm³/mol. The minimum Gasteiger partial charge on any atom is -0.343 e. The van der Waals surface area contributed by atoms with Gasteiger partial charge in [-0.15, -0.1) is 12.1 Å². The molecule has 1 atom stereocenters. The van der Waals surface area contributed by atoms with Gasteiger partial charge in [-0.1, -0.05) is 25.3 Å².